The van der Waals surface area contributed by atoms with E-state index in [0.717, 1.165) is 12.8 Å². The highest BCUT2D eigenvalue weighted by atomic mass is 16.5. The second kappa shape index (κ2) is 17.2. The number of nitrogens with one attached hydrogen (secondary N) is 1. The highest BCUT2D eigenvalue weighted by Crippen LogP contribution is 2.29. The van der Waals surface area contributed by atoms with Gasteiger partial charge in [0, 0.05) is 17.4 Å². The number of rotatable bonds is 15. The highest BCUT2D eigenvalue weighted by molar-refractivity contribution is 5.94. The molecule has 49 heavy (non-hydrogen) atoms. The van der Waals surface area contributed by atoms with Gasteiger partial charge in [-0.05, 0) is 71.5 Å². The van der Waals surface area contributed by atoms with Gasteiger partial charge < -0.3 is 9.47 Å². The summed E-state index contributed by atoms with van der Waals surface area (Å²) in [5, 5.41) is 4.09. The molecule has 0 saturated carbocycles. The number of hydrogen-bond donors (Lipinski definition) is 1. The monoisotopic (exact) mass is 645 g/mol. The van der Waals surface area contributed by atoms with Crippen molar-refractivity contribution in [3.63, 3.8) is 0 Å². The standard InChI is InChI=1S/C43H39N3O3/c47-43(37-21-24-39(25-22-37)48-29-27-41(33-13-5-1-6-14-33)34-15-7-2-8-16-34)46-45-31-38-23-26-40(32-44-38)49-30-28-42(35-17-9-3-10-18-35)36-19-11-4-12-20-36/h1-26,31-32,41-42H,27-30H2,(H,46,47)/b45-31+. The van der Waals surface area contributed by atoms with E-state index in [1.165, 1.54) is 28.5 Å². The second-order valence-corrected chi connectivity index (χ2v) is 11.7. The number of carbonyl (C=O) groups is 1. The number of aromatic nitrogens is 1. The predicted molar refractivity (Wildman–Crippen MR) is 195 cm³/mol. The van der Waals surface area contributed by atoms with E-state index in [0.29, 0.717) is 36.0 Å². The van der Waals surface area contributed by atoms with Crippen molar-refractivity contribution in [2.24, 2.45) is 5.10 Å². The fourth-order valence-corrected chi connectivity index (χ4v) is 5.86. The summed E-state index contributed by atoms with van der Waals surface area (Å²) in [5.41, 5.74) is 8.71. The average molecular weight is 646 g/mol. The SMILES string of the molecule is O=C(N/N=C/c1ccc(OCCC(c2ccccc2)c2ccccc2)cn1)c1ccc(OCCC(c2ccccc2)c2ccccc2)cc1. The van der Waals surface area contributed by atoms with E-state index in [1.807, 2.05) is 36.4 Å². The second-order valence-electron chi connectivity index (χ2n) is 11.7. The highest BCUT2D eigenvalue weighted by Gasteiger charge is 2.15. The predicted octanol–water partition coefficient (Wildman–Crippen LogP) is 9.05. The van der Waals surface area contributed by atoms with Crippen LogP contribution in [0, 0.1) is 0 Å². The van der Waals surface area contributed by atoms with E-state index in [4.69, 9.17) is 9.47 Å². The molecule has 0 aliphatic carbocycles. The van der Waals surface area contributed by atoms with Gasteiger partial charge in [0.05, 0.1) is 31.3 Å². The van der Waals surface area contributed by atoms with Crippen molar-refractivity contribution in [2.75, 3.05) is 13.2 Å². The number of nitrogens with zero attached hydrogens (tertiary/aromatic N) is 2. The van der Waals surface area contributed by atoms with Crippen LogP contribution in [-0.4, -0.2) is 30.3 Å². The van der Waals surface area contributed by atoms with Crippen LogP contribution in [-0.2, 0) is 0 Å². The Labute approximate surface area is 288 Å². The van der Waals surface area contributed by atoms with Crippen LogP contribution < -0.4 is 14.9 Å². The molecule has 0 atom stereocenters. The van der Waals surface area contributed by atoms with Gasteiger partial charge in [0.2, 0.25) is 0 Å². The smallest absolute Gasteiger partial charge is 0.271 e. The maximum absolute atomic E-state index is 12.7. The van der Waals surface area contributed by atoms with Crippen LogP contribution in [0.5, 0.6) is 11.5 Å². The van der Waals surface area contributed by atoms with Crippen LogP contribution in [0.1, 0.15) is 63.0 Å². The zero-order valence-corrected chi connectivity index (χ0v) is 27.3. The third-order valence-electron chi connectivity index (χ3n) is 8.40. The maximum Gasteiger partial charge on any atom is 0.271 e. The Kier molecular flexibility index (Phi) is 11.6. The van der Waals surface area contributed by atoms with Crippen LogP contribution in [0.4, 0.5) is 0 Å². The van der Waals surface area contributed by atoms with Crippen LogP contribution in [0.15, 0.2) is 169 Å². The summed E-state index contributed by atoms with van der Waals surface area (Å²) in [6, 6.07) is 52.7. The van der Waals surface area contributed by atoms with Crippen molar-refractivity contribution in [1.82, 2.24) is 10.4 Å². The number of hydrazone groups is 1. The number of amides is 1. The van der Waals surface area contributed by atoms with E-state index >= 15 is 0 Å². The molecule has 0 aliphatic rings. The molecule has 6 heteroatoms. The molecular formula is C43H39N3O3. The van der Waals surface area contributed by atoms with E-state index in [-0.39, 0.29) is 17.7 Å². The van der Waals surface area contributed by atoms with Crippen molar-refractivity contribution in [2.45, 2.75) is 24.7 Å². The fourth-order valence-electron chi connectivity index (χ4n) is 5.86. The van der Waals surface area contributed by atoms with Crippen LogP contribution >= 0.6 is 0 Å². The van der Waals surface area contributed by atoms with Crippen molar-refractivity contribution >= 4 is 12.1 Å². The molecule has 6 aromatic rings. The van der Waals surface area contributed by atoms with Crippen molar-refractivity contribution < 1.29 is 14.3 Å². The van der Waals surface area contributed by atoms with E-state index in [1.54, 1.807) is 30.5 Å². The van der Waals surface area contributed by atoms with Gasteiger partial charge in [-0.25, -0.2) is 5.43 Å². The topological polar surface area (TPSA) is 72.8 Å². The molecule has 1 amide bonds. The average Bonchev–Trinajstić information content (AvgIpc) is 3.17. The summed E-state index contributed by atoms with van der Waals surface area (Å²) in [6.07, 6.45) is 4.84. The van der Waals surface area contributed by atoms with Crippen LogP contribution in [0.25, 0.3) is 0 Å². The van der Waals surface area contributed by atoms with Gasteiger partial charge in [0.1, 0.15) is 11.5 Å². The molecule has 0 fully saturated rings. The third kappa shape index (κ3) is 9.52. The van der Waals surface area contributed by atoms with Gasteiger partial charge in [0.15, 0.2) is 0 Å². The molecule has 0 radical (unpaired) electrons. The first-order valence-electron chi connectivity index (χ1n) is 16.6. The zero-order chi connectivity index (χ0) is 33.5. The molecule has 6 nitrogen and oxygen atoms in total. The molecule has 0 spiro atoms. The first-order chi connectivity index (χ1) is 24.2. The molecule has 1 aromatic heterocycles. The van der Waals surface area contributed by atoms with E-state index in [2.05, 4.69) is 113 Å². The molecule has 1 heterocycles. The summed E-state index contributed by atoms with van der Waals surface area (Å²) < 4.78 is 12.1. The summed E-state index contributed by atoms with van der Waals surface area (Å²) in [4.78, 5) is 17.1. The molecule has 1 N–H and O–H groups in total. The Balaban J connectivity index is 0.954. The lowest BCUT2D eigenvalue weighted by Crippen LogP contribution is -2.17. The lowest BCUT2D eigenvalue weighted by atomic mass is 9.89. The first-order valence-corrected chi connectivity index (χ1v) is 16.6. The van der Waals surface area contributed by atoms with Crippen LogP contribution in [0.3, 0.4) is 0 Å². The minimum absolute atomic E-state index is 0.237. The van der Waals surface area contributed by atoms with E-state index < -0.39 is 0 Å². The van der Waals surface area contributed by atoms with Crippen LogP contribution in [0.2, 0.25) is 0 Å². The van der Waals surface area contributed by atoms with Gasteiger partial charge in [0.25, 0.3) is 5.91 Å². The van der Waals surface area contributed by atoms with Gasteiger partial charge in [-0.3, -0.25) is 9.78 Å². The Bertz CT molecular complexity index is 1800. The zero-order valence-electron chi connectivity index (χ0n) is 27.3. The molecule has 0 unspecified atom stereocenters. The van der Waals surface area contributed by atoms with Gasteiger partial charge in [-0.2, -0.15) is 5.10 Å². The molecule has 0 bridgehead atoms. The first kappa shape index (κ1) is 32.9. The normalized spacial score (nSPS) is 11.1. The Morgan fingerprint density at radius 1 is 0.571 bits per heavy atom. The van der Waals surface area contributed by atoms with Gasteiger partial charge in [-0.1, -0.05) is 121 Å². The summed E-state index contributed by atoms with van der Waals surface area (Å²) in [7, 11) is 0. The molecular weight excluding hydrogens is 606 g/mol. The molecule has 0 aliphatic heterocycles. The Morgan fingerprint density at radius 3 is 1.43 bits per heavy atom. The number of hydrogen-bond acceptors (Lipinski definition) is 5. The van der Waals surface area contributed by atoms with Crippen molar-refractivity contribution in [1.29, 1.82) is 0 Å². The third-order valence-corrected chi connectivity index (χ3v) is 8.40. The molecule has 244 valence electrons. The van der Waals surface area contributed by atoms with E-state index in [9.17, 15) is 4.79 Å². The minimum Gasteiger partial charge on any atom is -0.494 e. The van der Waals surface area contributed by atoms with Crippen molar-refractivity contribution in [3.8, 4) is 11.5 Å². The number of ether oxygens (including phenoxy) is 2. The molecule has 6 rings (SSSR count). The fraction of sp³-hybridized carbons (Fsp3) is 0.140. The summed E-state index contributed by atoms with van der Waals surface area (Å²) in [5.74, 6) is 1.55. The minimum atomic E-state index is -0.317. The number of benzene rings is 5. The lowest BCUT2D eigenvalue weighted by molar-refractivity contribution is 0.0955. The summed E-state index contributed by atoms with van der Waals surface area (Å²) >= 11 is 0. The van der Waals surface area contributed by atoms with Crippen molar-refractivity contribution in [3.05, 3.63) is 197 Å². The van der Waals surface area contributed by atoms with Gasteiger partial charge >= 0.3 is 0 Å². The lowest BCUT2D eigenvalue weighted by Gasteiger charge is -2.18. The quantitative estimate of drug-likeness (QED) is 0.0894. The Morgan fingerprint density at radius 2 is 1.00 bits per heavy atom. The summed E-state index contributed by atoms with van der Waals surface area (Å²) in [6.45, 7) is 1.09. The Hall–Kier alpha value is -6.01. The van der Waals surface area contributed by atoms with Gasteiger partial charge in [-0.15, -0.1) is 0 Å². The molecule has 0 saturated heterocycles. The number of carbonyl (C=O) groups excluding carboxylic acids is 1. The maximum atomic E-state index is 12.7. The number of pyridine rings is 1. The largest absolute Gasteiger partial charge is 0.494 e. The molecule has 5 aromatic carbocycles.